The van der Waals surface area contributed by atoms with E-state index in [1.54, 1.807) is 13.0 Å². The average molecular weight is 311 g/mol. The number of benzene rings is 1. The Bertz CT molecular complexity index is 654. The molecule has 1 aliphatic rings. The van der Waals surface area contributed by atoms with Gasteiger partial charge in [-0.05, 0) is 50.3 Å². The van der Waals surface area contributed by atoms with E-state index in [1.165, 1.54) is 16.4 Å². The minimum atomic E-state index is -3.65. The lowest BCUT2D eigenvalue weighted by molar-refractivity contribution is 0.0696. The number of aryl methyl sites for hydroxylation is 1. The number of piperidine rings is 1. The maximum absolute atomic E-state index is 12.8. The summed E-state index contributed by atoms with van der Waals surface area (Å²) in [7, 11) is -3.65. The van der Waals surface area contributed by atoms with Crippen LogP contribution in [0, 0.1) is 12.8 Å². The molecule has 5 nitrogen and oxygen atoms in total. The second-order valence-corrected chi connectivity index (χ2v) is 7.65. The van der Waals surface area contributed by atoms with Crippen LogP contribution in [0.2, 0.25) is 0 Å². The third-order valence-electron chi connectivity index (χ3n) is 4.36. The summed E-state index contributed by atoms with van der Waals surface area (Å²) in [6.07, 6.45) is 1.85. The van der Waals surface area contributed by atoms with E-state index in [2.05, 4.69) is 0 Å². The third kappa shape index (κ3) is 2.96. The van der Waals surface area contributed by atoms with Gasteiger partial charge >= 0.3 is 5.97 Å². The molecule has 1 heterocycles. The van der Waals surface area contributed by atoms with Crippen LogP contribution in [0.5, 0.6) is 0 Å². The fraction of sp³-hybridized carbons (Fsp3) is 0.533. The van der Waals surface area contributed by atoms with Crippen molar-refractivity contribution in [3.8, 4) is 0 Å². The van der Waals surface area contributed by atoms with Crippen molar-refractivity contribution in [3.63, 3.8) is 0 Å². The first-order chi connectivity index (χ1) is 9.75. The van der Waals surface area contributed by atoms with Crippen LogP contribution in [0.1, 0.15) is 42.6 Å². The summed E-state index contributed by atoms with van der Waals surface area (Å²) in [5, 5.41) is 9.15. The van der Waals surface area contributed by atoms with Crippen LogP contribution in [0.3, 0.4) is 0 Å². The second kappa shape index (κ2) is 5.77. The Labute approximate surface area is 125 Å². The first-order valence-electron chi connectivity index (χ1n) is 7.11. The van der Waals surface area contributed by atoms with E-state index < -0.39 is 16.0 Å². The summed E-state index contributed by atoms with van der Waals surface area (Å²) in [6.45, 7) is 6.10. The van der Waals surface area contributed by atoms with Crippen molar-refractivity contribution in [1.29, 1.82) is 0 Å². The lowest BCUT2D eigenvalue weighted by Crippen LogP contribution is -2.45. The van der Waals surface area contributed by atoms with Gasteiger partial charge in [-0.1, -0.05) is 13.0 Å². The summed E-state index contributed by atoms with van der Waals surface area (Å²) >= 11 is 0. The molecule has 0 aliphatic carbocycles. The van der Waals surface area contributed by atoms with E-state index in [0.29, 0.717) is 18.0 Å². The molecule has 1 aromatic rings. The zero-order chi connectivity index (χ0) is 15.8. The van der Waals surface area contributed by atoms with Crippen molar-refractivity contribution in [2.24, 2.45) is 5.92 Å². The van der Waals surface area contributed by atoms with E-state index in [1.807, 2.05) is 13.8 Å². The third-order valence-corrected chi connectivity index (χ3v) is 6.34. The molecule has 116 valence electrons. The van der Waals surface area contributed by atoms with Crippen LogP contribution in [0.25, 0.3) is 0 Å². The number of hydrogen-bond donors (Lipinski definition) is 1. The standard InChI is InChI=1S/C15H21NO4S/c1-10-5-4-8-16(12(10)3)21(19,20)13-7-6-11(2)14(9-13)15(17)18/h6-7,9-10,12H,4-5,8H2,1-3H3,(H,17,18). The van der Waals surface area contributed by atoms with Gasteiger partial charge in [-0.15, -0.1) is 0 Å². The highest BCUT2D eigenvalue weighted by Gasteiger charge is 2.34. The fourth-order valence-corrected chi connectivity index (χ4v) is 4.56. The number of carbonyl (C=O) groups is 1. The van der Waals surface area contributed by atoms with Gasteiger partial charge in [0.15, 0.2) is 0 Å². The zero-order valence-electron chi connectivity index (χ0n) is 12.5. The minimum Gasteiger partial charge on any atom is -0.478 e. The van der Waals surface area contributed by atoms with Crippen LogP contribution in [-0.2, 0) is 10.0 Å². The van der Waals surface area contributed by atoms with Gasteiger partial charge in [0.05, 0.1) is 10.5 Å². The molecule has 0 amide bonds. The molecule has 1 N–H and O–H groups in total. The number of aromatic carboxylic acids is 1. The molecule has 2 rings (SSSR count). The van der Waals surface area contributed by atoms with Crippen LogP contribution in [-0.4, -0.2) is 36.4 Å². The quantitative estimate of drug-likeness (QED) is 0.930. The number of rotatable bonds is 3. The molecule has 2 unspecified atom stereocenters. The van der Waals surface area contributed by atoms with Gasteiger partial charge in [-0.3, -0.25) is 0 Å². The monoisotopic (exact) mass is 311 g/mol. The Morgan fingerprint density at radius 3 is 2.62 bits per heavy atom. The largest absolute Gasteiger partial charge is 0.478 e. The smallest absolute Gasteiger partial charge is 0.335 e. The van der Waals surface area contributed by atoms with Crippen LogP contribution >= 0.6 is 0 Å². The summed E-state index contributed by atoms with van der Waals surface area (Å²) in [5.74, 6) is -0.803. The van der Waals surface area contributed by atoms with Crippen molar-refractivity contribution in [1.82, 2.24) is 4.31 Å². The molecule has 1 aromatic carbocycles. The molecule has 1 fully saturated rings. The van der Waals surface area contributed by atoms with Crippen LogP contribution in [0.15, 0.2) is 23.1 Å². The highest BCUT2D eigenvalue weighted by Crippen LogP contribution is 2.29. The number of carboxylic acid groups (broad SMARTS) is 1. The topological polar surface area (TPSA) is 74.7 Å². The van der Waals surface area contributed by atoms with Gasteiger partial charge in [0.1, 0.15) is 0 Å². The van der Waals surface area contributed by atoms with Gasteiger partial charge in [-0.25, -0.2) is 13.2 Å². The fourth-order valence-electron chi connectivity index (χ4n) is 2.76. The Balaban J connectivity index is 2.44. The van der Waals surface area contributed by atoms with E-state index in [-0.39, 0.29) is 16.5 Å². The van der Waals surface area contributed by atoms with Crippen LogP contribution < -0.4 is 0 Å². The number of hydrogen-bond acceptors (Lipinski definition) is 3. The molecular weight excluding hydrogens is 290 g/mol. The van der Waals surface area contributed by atoms with Gasteiger partial charge in [0.2, 0.25) is 10.0 Å². The Hall–Kier alpha value is -1.40. The Kier molecular flexibility index (Phi) is 4.39. The molecule has 0 aromatic heterocycles. The van der Waals surface area contributed by atoms with Gasteiger partial charge in [-0.2, -0.15) is 4.31 Å². The van der Waals surface area contributed by atoms with Gasteiger partial charge in [0, 0.05) is 12.6 Å². The molecule has 21 heavy (non-hydrogen) atoms. The predicted molar refractivity (Wildman–Crippen MR) is 79.9 cm³/mol. The lowest BCUT2D eigenvalue weighted by atomic mass is 9.94. The Morgan fingerprint density at radius 1 is 1.33 bits per heavy atom. The number of nitrogens with zero attached hydrogens (tertiary/aromatic N) is 1. The molecule has 0 spiro atoms. The number of sulfonamides is 1. The average Bonchev–Trinajstić information content (AvgIpc) is 2.41. The number of carboxylic acids is 1. The van der Waals surface area contributed by atoms with E-state index in [0.717, 1.165) is 12.8 Å². The maximum atomic E-state index is 12.8. The van der Waals surface area contributed by atoms with Crippen molar-refractivity contribution in [2.75, 3.05) is 6.54 Å². The molecule has 1 aliphatic heterocycles. The summed E-state index contributed by atoms with van der Waals surface area (Å²) in [5.41, 5.74) is 0.593. The van der Waals surface area contributed by atoms with Crippen molar-refractivity contribution in [2.45, 2.75) is 44.6 Å². The van der Waals surface area contributed by atoms with Crippen molar-refractivity contribution >= 4 is 16.0 Å². The predicted octanol–water partition coefficient (Wildman–Crippen LogP) is 2.50. The summed E-state index contributed by atoms with van der Waals surface area (Å²) in [4.78, 5) is 11.2. The highest BCUT2D eigenvalue weighted by molar-refractivity contribution is 7.89. The SMILES string of the molecule is Cc1ccc(S(=O)(=O)N2CCCC(C)C2C)cc1C(=O)O. The first-order valence-corrected chi connectivity index (χ1v) is 8.55. The zero-order valence-corrected chi connectivity index (χ0v) is 13.4. The second-order valence-electron chi connectivity index (χ2n) is 5.76. The molecular formula is C15H21NO4S. The van der Waals surface area contributed by atoms with Gasteiger partial charge < -0.3 is 5.11 Å². The molecule has 0 saturated carbocycles. The molecule has 0 bridgehead atoms. The molecule has 1 saturated heterocycles. The minimum absolute atomic E-state index is 0.0359. The molecule has 0 radical (unpaired) electrons. The lowest BCUT2D eigenvalue weighted by Gasteiger charge is -2.36. The summed E-state index contributed by atoms with van der Waals surface area (Å²) in [6, 6.07) is 4.23. The molecule has 6 heteroatoms. The van der Waals surface area contributed by atoms with Crippen molar-refractivity contribution in [3.05, 3.63) is 29.3 Å². The van der Waals surface area contributed by atoms with Gasteiger partial charge in [0.25, 0.3) is 0 Å². The summed E-state index contributed by atoms with van der Waals surface area (Å²) < 4.78 is 27.0. The molecule has 2 atom stereocenters. The highest BCUT2D eigenvalue weighted by atomic mass is 32.2. The van der Waals surface area contributed by atoms with E-state index in [4.69, 9.17) is 5.11 Å². The van der Waals surface area contributed by atoms with Crippen LogP contribution in [0.4, 0.5) is 0 Å². The van der Waals surface area contributed by atoms with E-state index in [9.17, 15) is 13.2 Å². The normalized spacial score (nSPS) is 24.0. The Morgan fingerprint density at radius 2 is 2.00 bits per heavy atom. The maximum Gasteiger partial charge on any atom is 0.335 e. The van der Waals surface area contributed by atoms with E-state index >= 15 is 0 Å². The first kappa shape index (κ1) is 16.0. The van der Waals surface area contributed by atoms with Crippen molar-refractivity contribution < 1.29 is 18.3 Å².